The molecule has 2 unspecified atom stereocenters. The summed E-state index contributed by atoms with van der Waals surface area (Å²) in [6, 6.07) is 0. The molecule has 0 aromatic heterocycles. The normalized spacial score (nSPS) is 16.2. The molecule has 0 aromatic rings. The largest absolute Gasteiger partial charge is 0.465 e. The fraction of sp³-hybridized carbons (Fsp3) is 0.933. The molecule has 0 saturated heterocycles. The highest BCUT2D eigenvalue weighted by molar-refractivity contribution is 7.99. The van der Waals surface area contributed by atoms with Crippen molar-refractivity contribution in [2.24, 2.45) is 5.92 Å². The van der Waals surface area contributed by atoms with Crippen LogP contribution < -0.4 is 5.32 Å². The molecule has 1 N–H and O–H groups in total. The van der Waals surface area contributed by atoms with Gasteiger partial charge in [0.1, 0.15) is 5.54 Å². The van der Waals surface area contributed by atoms with Crippen molar-refractivity contribution in [3.63, 3.8) is 0 Å². The van der Waals surface area contributed by atoms with Crippen molar-refractivity contribution in [2.45, 2.75) is 65.2 Å². The summed E-state index contributed by atoms with van der Waals surface area (Å²) in [5.74, 6) is 1.52. The minimum absolute atomic E-state index is 0.124. The molecule has 0 rings (SSSR count). The van der Waals surface area contributed by atoms with Crippen molar-refractivity contribution >= 4 is 17.7 Å². The number of hydrogen-bond donors (Lipinski definition) is 1. The summed E-state index contributed by atoms with van der Waals surface area (Å²) in [5.41, 5.74) is -0.546. The van der Waals surface area contributed by atoms with E-state index < -0.39 is 5.54 Å². The molecule has 0 aliphatic rings. The second-order valence-corrected chi connectivity index (χ2v) is 7.03. The summed E-state index contributed by atoms with van der Waals surface area (Å²) in [6.45, 7) is 13.9. The number of esters is 1. The Bertz CT molecular complexity index is 259. The zero-order valence-electron chi connectivity index (χ0n) is 13.4. The molecule has 3 nitrogen and oxygen atoms in total. The summed E-state index contributed by atoms with van der Waals surface area (Å²) in [4.78, 5) is 12.1. The van der Waals surface area contributed by atoms with E-state index in [1.54, 1.807) is 0 Å². The van der Waals surface area contributed by atoms with Crippen molar-refractivity contribution in [3.8, 4) is 0 Å². The van der Waals surface area contributed by atoms with Gasteiger partial charge in [-0.1, -0.05) is 27.7 Å². The first-order valence-electron chi connectivity index (χ1n) is 7.41. The summed E-state index contributed by atoms with van der Waals surface area (Å²) >= 11 is 1.93. The van der Waals surface area contributed by atoms with Gasteiger partial charge in [0.05, 0.1) is 6.61 Å². The predicted octanol–water partition coefficient (Wildman–Crippen LogP) is 3.48. The molecule has 114 valence electrons. The van der Waals surface area contributed by atoms with Crippen LogP contribution in [0.3, 0.4) is 0 Å². The van der Waals surface area contributed by atoms with Gasteiger partial charge in [0.2, 0.25) is 0 Å². The van der Waals surface area contributed by atoms with Gasteiger partial charge >= 0.3 is 5.97 Å². The maximum absolute atomic E-state index is 12.1. The van der Waals surface area contributed by atoms with E-state index in [0.717, 1.165) is 25.1 Å². The van der Waals surface area contributed by atoms with Crippen LogP contribution in [0.4, 0.5) is 0 Å². The Morgan fingerprint density at radius 3 is 2.42 bits per heavy atom. The Morgan fingerprint density at radius 1 is 1.32 bits per heavy atom. The van der Waals surface area contributed by atoms with Crippen LogP contribution in [-0.2, 0) is 9.53 Å². The molecule has 0 aliphatic heterocycles. The molecule has 0 aromatic carbocycles. The fourth-order valence-electron chi connectivity index (χ4n) is 1.60. The number of ether oxygens (including phenoxy) is 1. The molecule has 0 bridgehead atoms. The SMILES string of the molecule is CCCNC(C)(CCSC(C)C(C)C)C(=O)OCC. The van der Waals surface area contributed by atoms with Crippen molar-refractivity contribution in [1.82, 2.24) is 5.32 Å². The molecule has 0 radical (unpaired) electrons. The van der Waals surface area contributed by atoms with E-state index in [9.17, 15) is 4.79 Å². The lowest BCUT2D eigenvalue weighted by atomic mass is 9.99. The highest BCUT2D eigenvalue weighted by Crippen LogP contribution is 2.23. The lowest BCUT2D eigenvalue weighted by Gasteiger charge is -2.29. The Kier molecular flexibility index (Phi) is 9.54. The molecule has 2 atom stereocenters. The predicted molar refractivity (Wildman–Crippen MR) is 84.7 cm³/mol. The third-order valence-corrected chi connectivity index (χ3v) is 4.92. The molecular weight excluding hydrogens is 258 g/mol. The van der Waals surface area contributed by atoms with Crippen LogP contribution in [0.2, 0.25) is 0 Å². The van der Waals surface area contributed by atoms with Crippen molar-refractivity contribution in [1.29, 1.82) is 0 Å². The van der Waals surface area contributed by atoms with E-state index in [1.165, 1.54) is 0 Å². The van der Waals surface area contributed by atoms with E-state index in [4.69, 9.17) is 4.74 Å². The topological polar surface area (TPSA) is 38.3 Å². The number of thioether (sulfide) groups is 1. The lowest BCUT2D eigenvalue weighted by Crippen LogP contribution is -2.51. The average molecular weight is 289 g/mol. The second-order valence-electron chi connectivity index (χ2n) is 5.55. The number of hydrogen-bond acceptors (Lipinski definition) is 4. The smallest absolute Gasteiger partial charge is 0.326 e. The third kappa shape index (κ3) is 7.21. The maximum atomic E-state index is 12.1. The zero-order chi connectivity index (χ0) is 14.9. The van der Waals surface area contributed by atoms with Crippen LogP contribution in [0.5, 0.6) is 0 Å². The second kappa shape index (κ2) is 9.65. The van der Waals surface area contributed by atoms with Crippen molar-refractivity contribution in [2.75, 3.05) is 18.9 Å². The van der Waals surface area contributed by atoms with Crippen molar-refractivity contribution < 1.29 is 9.53 Å². The monoisotopic (exact) mass is 289 g/mol. The van der Waals surface area contributed by atoms with Gasteiger partial charge in [-0.15, -0.1) is 0 Å². The fourth-order valence-corrected chi connectivity index (χ4v) is 2.88. The van der Waals surface area contributed by atoms with Gasteiger partial charge in [-0.3, -0.25) is 4.79 Å². The first-order chi connectivity index (χ1) is 8.87. The molecule has 0 heterocycles. The number of carbonyl (C=O) groups excluding carboxylic acids is 1. The first kappa shape index (κ1) is 18.8. The van der Waals surface area contributed by atoms with Crippen molar-refractivity contribution in [3.05, 3.63) is 0 Å². The van der Waals surface area contributed by atoms with E-state index in [-0.39, 0.29) is 5.97 Å². The van der Waals surface area contributed by atoms with Gasteiger partial charge in [0, 0.05) is 5.25 Å². The highest BCUT2D eigenvalue weighted by atomic mass is 32.2. The molecule has 0 amide bonds. The Hall–Kier alpha value is -0.220. The molecular formula is C15H31NO2S. The summed E-state index contributed by atoms with van der Waals surface area (Å²) in [6.07, 6.45) is 1.83. The maximum Gasteiger partial charge on any atom is 0.326 e. The van der Waals surface area contributed by atoms with Crippen LogP contribution in [0.15, 0.2) is 0 Å². The minimum Gasteiger partial charge on any atom is -0.465 e. The zero-order valence-corrected chi connectivity index (χ0v) is 14.2. The van der Waals surface area contributed by atoms with E-state index in [1.807, 2.05) is 25.6 Å². The number of nitrogens with one attached hydrogen (secondary N) is 1. The Balaban J connectivity index is 4.37. The standard InChI is InChI=1S/C15H31NO2S/c1-7-10-16-15(6,14(17)18-8-2)9-11-19-13(5)12(3)4/h12-13,16H,7-11H2,1-6H3. The van der Waals surface area contributed by atoms with Crippen LogP contribution in [0.25, 0.3) is 0 Å². The van der Waals surface area contributed by atoms with Crippen LogP contribution in [0.1, 0.15) is 54.4 Å². The van der Waals surface area contributed by atoms with Gasteiger partial charge in [-0.05, 0) is 44.9 Å². The minimum atomic E-state index is -0.546. The van der Waals surface area contributed by atoms with Gasteiger partial charge in [-0.25, -0.2) is 0 Å². The first-order valence-corrected chi connectivity index (χ1v) is 8.46. The van der Waals surface area contributed by atoms with Crippen LogP contribution in [0, 0.1) is 5.92 Å². The summed E-state index contributed by atoms with van der Waals surface area (Å²) in [5, 5.41) is 3.97. The molecule has 0 spiro atoms. The van der Waals surface area contributed by atoms with E-state index in [2.05, 4.69) is 33.0 Å². The van der Waals surface area contributed by atoms with Gasteiger partial charge in [0.15, 0.2) is 0 Å². The molecule has 0 aliphatic carbocycles. The van der Waals surface area contributed by atoms with E-state index in [0.29, 0.717) is 17.8 Å². The van der Waals surface area contributed by atoms with Gasteiger partial charge < -0.3 is 10.1 Å². The highest BCUT2D eigenvalue weighted by Gasteiger charge is 2.33. The van der Waals surface area contributed by atoms with E-state index >= 15 is 0 Å². The summed E-state index contributed by atoms with van der Waals surface area (Å²) in [7, 11) is 0. The summed E-state index contributed by atoms with van der Waals surface area (Å²) < 4.78 is 5.20. The molecule has 4 heteroatoms. The quantitative estimate of drug-likeness (QED) is 0.625. The Morgan fingerprint density at radius 2 is 1.95 bits per heavy atom. The van der Waals surface area contributed by atoms with Gasteiger partial charge in [0.25, 0.3) is 0 Å². The average Bonchev–Trinajstić information content (AvgIpc) is 2.36. The molecule has 19 heavy (non-hydrogen) atoms. The lowest BCUT2D eigenvalue weighted by molar-refractivity contribution is -0.150. The van der Waals surface area contributed by atoms with Crippen LogP contribution in [-0.4, -0.2) is 35.7 Å². The Labute approximate surface area is 123 Å². The number of rotatable bonds is 10. The number of carbonyl (C=O) groups is 1. The molecule has 0 fully saturated rings. The third-order valence-electron chi connectivity index (χ3n) is 3.41. The van der Waals surface area contributed by atoms with Gasteiger partial charge in [-0.2, -0.15) is 11.8 Å². The van der Waals surface area contributed by atoms with Crippen LogP contribution >= 0.6 is 11.8 Å². The molecule has 0 saturated carbocycles.